The summed E-state index contributed by atoms with van der Waals surface area (Å²) in [5.41, 5.74) is 0.392. The molecule has 2 aromatic heterocycles. The molecular formula is C13H14N4O2S. The molecule has 0 aromatic carbocycles. The van der Waals surface area contributed by atoms with Gasteiger partial charge in [0.05, 0.1) is 0 Å². The van der Waals surface area contributed by atoms with Crippen LogP contribution in [0, 0.1) is 0 Å². The van der Waals surface area contributed by atoms with E-state index in [4.69, 9.17) is 4.74 Å². The second-order valence-electron chi connectivity index (χ2n) is 4.50. The van der Waals surface area contributed by atoms with E-state index in [1.165, 1.54) is 16.2 Å². The highest BCUT2D eigenvalue weighted by molar-refractivity contribution is 7.15. The van der Waals surface area contributed by atoms with Crippen LogP contribution in [-0.2, 0) is 4.74 Å². The smallest absolute Gasteiger partial charge is 0.278 e. The fourth-order valence-electron chi connectivity index (χ4n) is 2.01. The first-order valence-corrected chi connectivity index (χ1v) is 7.21. The molecule has 0 N–H and O–H groups in total. The number of anilines is 1. The van der Waals surface area contributed by atoms with Crippen molar-refractivity contribution in [2.24, 2.45) is 0 Å². The molecule has 7 heteroatoms. The molecular weight excluding hydrogens is 276 g/mol. The monoisotopic (exact) mass is 290 g/mol. The fraction of sp³-hybridized carbons (Fsp3) is 0.385. The molecule has 1 atom stereocenters. The highest BCUT2D eigenvalue weighted by atomic mass is 32.1. The first-order valence-electron chi connectivity index (χ1n) is 6.40. The van der Waals surface area contributed by atoms with Gasteiger partial charge in [0.2, 0.25) is 5.13 Å². The summed E-state index contributed by atoms with van der Waals surface area (Å²) in [6, 6.07) is 5.24. The maximum absolute atomic E-state index is 12.2. The number of amides is 1. The van der Waals surface area contributed by atoms with Crippen LogP contribution in [0.1, 0.15) is 34.4 Å². The van der Waals surface area contributed by atoms with E-state index in [1.54, 1.807) is 31.4 Å². The van der Waals surface area contributed by atoms with Crippen molar-refractivity contribution in [2.45, 2.75) is 18.9 Å². The van der Waals surface area contributed by atoms with Crippen LogP contribution in [0.15, 0.2) is 24.4 Å². The highest BCUT2D eigenvalue weighted by Crippen LogP contribution is 2.33. The minimum atomic E-state index is -0.194. The van der Waals surface area contributed by atoms with Gasteiger partial charge in [-0.05, 0) is 25.0 Å². The maximum atomic E-state index is 12.2. The van der Waals surface area contributed by atoms with Gasteiger partial charge in [0.1, 0.15) is 16.8 Å². The van der Waals surface area contributed by atoms with Crippen LogP contribution in [-0.4, -0.2) is 34.7 Å². The molecule has 0 bridgehead atoms. The molecule has 20 heavy (non-hydrogen) atoms. The van der Waals surface area contributed by atoms with Gasteiger partial charge in [-0.3, -0.25) is 14.7 Å². The van der Waals surface area contributed by atoms with Gasteiger partial charge in [0, 0.05) is 19.9 Å². The SMILES string of the molecule is CN(C(=O)c1ccccn1)c1nnc([C@H]2CCCO2)s1. The predicted octanol–water partition coefficient (Wildman–Crippen LogP) is 2.06. The Morgan fingerprint density at radius 1 is 1.45 bits per heavy atom. The van der Waals surface area contributed by atoms with Crippen molar-refractivity contribution in [3.05, 3.63) is 35.1 Å². The summed E-state index contributed by atoms with van der Waals surface area (Å²) in [5.74, 6) is -0.194. The Kier molecular flexibility index (Phi) is 3.70. The second-order valence-corrected chi connectivity index (χ2v) is 5.49. The Morgan fingerprint density at radius 3 is 3.05 bits per heavy atom. The van der Waals surface area contributed by atoms with E-state index >= 15 is 0 Å². The molecule has 104 valence electrons. The topological polar surface area (TPSA) is 68.2 Å². The molecule has 1 saturated heterocycles. The zero-order valence-electron chi connectivity index (χ0n) is 11.0. The van der Waals surface area contributed by atoms with Gasteiger partial charge in [-0.25, -0.2) is 0 Å². The van der Waals surface area contributed by atoms with E-state index < -0.39 is 0 Å². The van der Waals surface area contributed by atoms with Crippen molar-refractivity contribution in [3.63, 3.8) is 0 Å². The second kappa shape index (κ2) is 5.64. The number of hydrogen-bond donors (Lipinski definition) is 0. The third-order valence-corrected chi connectivity index (χ3v) is 4.20. The van der Waals surface area contributed by atoms with E-state index in [9.17, 15) is 4.79 Å². The highest BCUT2D eigenvalue weighted by Gasteiger charge is 2.24. The Bertz CT molecular complexity index is 595. The number of aromatic nitrogens is 3. The van der Waals surface area contributed by atoms with Crippen LogP contribution in [0.3, 0.4) is 0 Å². The molecule has 3 rings (SSSR count). The van der Waals surface area contributed by atoms with E-state index in [-0.39, 0.29) is 12.0 Å². The zero-order valence-corrected chi connectivity index (χ0v) is 11.8. The number of carbonyl (C=O) groups excluding carboxylic acids is 1. The first-order chi connectivity index (χ1) is 9.75. The molecule has 1 aliphatic rings. The molecule has 0 saturated carbocycles. The normalized spacial score (nSPS) is 18.1. The molecule has 0 unspecified atom stereocenters. The van der Waals surface area contributed by atoms with Crippen molar-refractivity contribution in [3.8, 4) is 0 Å². The lowest BCUT2D eigenvalue weighted by atomic mass is 10.2. The number of nitrogens with zero attached hydrogens (tertiary/aromatic N) is 4. The third-order valence-electron chi connectivity index (χ3n) is 3.11. The average Bonchev–Trinajstić information content (AvgIpc) is 3.17. The van der Waals surface area contributed by atoms with Crippen molar-refractivity contribution in [1.82, 2.24) is 15.2 Å². The Hall–Kier alpha value is -1.86. The fourth-order valence-corrected chi connectivity index (χ4v) is 2.90. The van der Waals surface area contributed by atoms with Gasteiger partial charge < -0.3 is 4.74 Å². The van der Waals surface area contributed by atoms with Crippen LogP contribution >= 0.6 is 11.3 Å². The van der Waals surface area contributed by atoms with Crippen molar-refractivity contribution < 1.29 is 9.53 Å². The van der Waals surface area contributed by atoms with Crippen molar-refractivity contribution in [1.29, 1.82) is 0 Å². The van der Waals surface area contributed by atoms with Crippen LogP contribution in [0.25, 0.3) is 0 Å². The van der Waals surface area contributed by atoms with Gasteiger partial charge >= 0.3 is 0 Å². The largest absolute Gasteiger partial charge is 0.371 e. The van der Waals surface area contributed by atoms with Gasteiger partial charge in [0.25, 0.3) is 5.91 Å². The summed E-state index contributed by atoms with van der Waals surface area (Å²) in [5, 5.41) is 9.59. The summed E-state index contributed by atoms with van der Waals surface area (Å²) < 4.78 is 5.57. The molecule has 0 radical (unpaired) electrons. The lowest BCUT2D eigenvalue weighted by Gasteiger charge is -2.12. The van der Waals surface area contributed by atoms with Gasteiger partial charge in [-0.2, -0.15) is 0 Å². The standard InChI is InChI=1S/C13H14N4O2S/c1-17(12(18)9-5-2-3-7-14-9)13-16-15-11(20-13)10-6-4-8-19-10/h2-3,5,7,10H,4,6,8H2,1H3/t10-/m1/s1. The van der Waals surface area contributed by atoms with Crippen molar-refractivity contribution >= 4 is 22.4 Å². The quantitative estimate of drug-likeness (QED) is 0.865. The Labute approximate surface area is 120 Å². The molecule has 0 spiro atoms. The number of carbonyl (C=O) groups is 1. The number of pyridine rings is 1. The molecule has 3 heterocycles. The summed E-state index contributed by atoms with van der Waals surface area (Å²) in [6.07, 6.45) is 3.63. The van der Waals surface area contributed by atoms with Gasteiger partial charge in [0.15, 0.2) is 0 Å². The molecule has 0 aliphatic carbocycles. The summed E-state index contributed by atoms with van der Waals surface area (Å²) in [4.78, 5) is 17.8. The van der Waals surface area contributed by atoms with E-state index in [2.05, 4.69) is 15.2 Å². The molecule has 1 aliphatic heterocycles. The number of ether oxygens (including phenoxy) is 1. The Morgan fingerprint density at radius 2 is 2.35 bits per heavy atom. The summed E-state index contributed by atoms with van der Waals surface area (Å²) in [7, 11) is 1.68. The summed E-state index contributed by atoms with van der Waals surface area (Å²) in [6.45, 7) is 0.766. The van der Waals surface area contributed by atoms with Gasteiger partial charge in [-0.1, -0.05) is 17.4 Å². The number of hydrogen-bond acceptors (Lipinski definition) is 6. The predicted molar refractivity (Wildman–Crippen MR) is 74.8 cm³/mol. The van der Waals surface area contributed by atoms with E-state index in [0.29, 0.717) is 10.8 Å². The lowest BCUT2D eigenvalue weighted by molar-refractivity contribution is 0.0988. The lowest BCUT2D eigenvalue weighted by Crippen LogP contribution is -2.26. The minimum Gasteiger partial charge on any atom is -0.371 e. The minimum absolute atomic E-state index is 0.0274. The average molecular weight is 290 g/mol. The van der Waals surface area contributed by atoms with E-state index in [1.807, 2.05) is 0 Å². The van der Waals surface area contributed by atoms with Crippen molar-refractivity contribution in [2.75, 3.05) is 18.6 Å². The molecule has 2 aromatic rings. The van der Waals surface area contributed by atoms with Crippen LogP contribution < -0.4 is 4.90 Å². The molecule has 1 fully saturated rings. The zero-order chi connectivity index (χ0) is 13.9. The maximum Gasteiger partial charge on any atom is 0.278 e. The third kappa shape index (κ3) is 2.54. The number of rotatable bonds is 3. The van der Waals surface area contributed by atoms with Gasteiger partial charge in [-0.15, -0.1) is 10.2 Å². The van der Waals surface area contributed by atoms with Crippen LogP contribution in [0.5, 0.6) is 0 Å². The van der Waals surface area contributed by atoms with E-state index in [0.717, 1.165) is 24.5 Å². The van der Waals surface area contributed by atoms with Crippen LogP contribution in [0.2, 0.25) is 0 Å². The molecule has 1 amide bonds. The van der Waals surface area contributed by atoms with Crippen LogP contribution in [0.4, 0.5) is 5.13 Å². The summed E-state index contributed by atoms with van der Waals surface area (Å²) >= 11 is 1.39. The molecule has 6 nitrogen and oxygen atoms in total. The first kappa shape index (κ1) is 13.1. The Balaban J connectivity index is 1.77.